The van der Waals surface area contributed by atoms with Crippen molar-refractivity contribution in [2.45, 2.75) is 73.0 Å². The molecule has 1 aromatic rings. The summed E-state index contributed by atoms with van der Waals surface area (Å²) in [5, 5.41) is 0. The number of ether oxygens (including phenoxy) is 5. The molecule has 0 aliphatic heterocycles. The Morgan fingerprint density at radius 2 is 1.33 bits per heavy atom. The topological polar surface area (TPSA) is 123 Å². The minimum absolute atomic E-state index is 0.0209. The molecule has 1 rings (SSSR count). The normalized spacial score (nSPS) is 11.9. The van der Waals surface area contributed by atoms with Crippen LogP contribution < -0.4 is 15.2 Å². The molecule has 186 valence electrons. The molecule has 0 aliphatic carbocycles. The maximum Gasteiger partial charge on any atom is 0.513 e. The third-order valence-electron chi connectivity index (χ3n) is 4.34. The molecule has 2 N–H and O–H groups in total. The van der Waals surface area contributed by atoms with Gasteiger partial charge in [0.25, 0.3) is 0 Å². The summed E-state index contributed by atoms with van der Waals surface area (Å²) in [6.45, 7) is 11.9. The van der Waals surface area contributed by atoms with E-state index in [0.717, 1.165) is 0 Å². The number of nitrogens with two attached hydrogens (primary N) is 1. The SMILES string of the molecule is CC(C)CCOC(=O)Oc1ccc(C[C@H](N)C(=O)OC(C)C)cc1OC(=O)OCCC(C)C. The van der Waals surface area contributed by atoms with Crippen molar-refractivity contribution < 1.29 is 38.1 Å². The van der Waals surface area contributed by atoms with E-state index in [2.05, 4.69) is 0 Å². The second-order valence-electron chi connectivity index (χ2n) is 8.84. The van der Waals surface area contributed by atoms with Crippen LogP contribution in [0, 0.1) is 11.8 Å². The molecule has 0 saturated carbocycles. The lowest BCUT2D eigenvalue weighted by atomic mass is 10.1. The molecule has 0 spiro atoms. The number of hydrogen-bond donors (Lipinski definition) is 1. The molecule has 33 heavy (non-hydrogen) atoms. The molecule has 0 bridgehead atoms. The molecule has 0 heterocycles. The van der Waals surface area contributed by atoms with Gasteiger partial charge in [0.05, 0.1) is 19.3 Å². The van der Waals surface area contributed by atoms with E-state index in [-0.39, 0.29) is 37.2 Å². The van der Waals surface area contributed by atoms with Crippen LogP contribution in [-0.2, 0) is 25.4 Å². The summed E-state index contributed by atoms with van der Waals surface area (Å²) in [6.07, 6.45) is -0.658. The molecule has 0 amide bonds. The van der Waals surface area contributed by atoms with Crippen LogP contribution in [0.3, 0.4) is 0 Å². The van der Waals surface area contributed by atoms with E-state index >= 15 is 0 Å². The second-order valence-corrected chi connectivity index (χ2v) is 8.84. The highest BCUT2D eigenvalue weighted by atomic mass is 16.7. The number of esters is 1. The lowest BCUT2D eigenvalue weighted by Crippen LogP contribution is -2.35. The fourth-order valence-corrected chi connectivity index (χ4v) is 2.49. The van der Waals surface area contributed by atoms with Crippen molar-refractivity contribution in [2.75, 3.05) is 13.2 Å². The zero-order valence-electron chi connectivity index (χ0n) is 20.4. The maximum atomic E-state index is 12.1. The lowest BCUT2D eigenvalue weighted by Gasteiger charge is -2.16. The van der Waals surface area contributed by atoms with E-state index in [9.17, 15) is 14.4 Å². The molecule has 1 atom stereocenters. The van der Waals surface area contributed by atoms with E-state index < -0.39 is 24.3 Å². The Morgan fingerprint density at radius 3 is 1.82 bits per heavy atom. The van der Waals surface area contributed by atoms with Crippen molar-refractivity contribution in [2.24, 2.45) is 17.6 Å². The fraction of sp³-hybridized carbons (Fsp3) is 0.625. The van der Waals surface area contributed by atoms with Gasteiger partial charge < -0.3 is 29.4 Å². The van der Waals surface area contributed by atoms with Gasteiger partial charge in [0.1, 0.15) is 6.04 Å². The molecule has 0 radical (unpaired) electrons. The molecule has 0 aromatic heterocycles. The zero-order valence-corrected chi connectivity index (χ0v) is 20.4. The van der Waals surface area contributed by atoms with Gasteiger partial charge in [-0.25, -0.2) is 9.59 Å². The number of rotatable bonds is 12. The van der Waals surface area contributed by atoms with E-state index in [1.165, 1.54) is 12.1 Å². The minimum atomic E-state index is -0.936. The van der Waals surface area contributed by atoms with Crippen LogP contribution in [0.2, 0.25) is 0 Å². The van der Waals surface area contributed by atoms with Gasteiger partial charge >= 0.3 is 18.3 Å². The van der Waals surface area contributed by atoms with Gasteiger partial charge in [-0.3, -0.25) is 4.79 Å². The molecule has 1 aromatic carbocycles. The monoisotopic (exact) mass is 467 g/mol. The third kappa shape index (κ3) is 12.1. The summed E-state index contributed by atoms with van der Waals surface area (Å²) in [6, 6.07) is 3.60. The second kappa shape index (κ2) is 14.4. The van der Waals surface area contributed by atoms with Crippen molar-refractivity contribution in [1.82, 2.24) is 0 Å². The Bertz CT molecular complexity index is 776. The summed E-state index contributed by atoms with van der Waals surface area (Å²) in [5.41, 5.74) is 6.51. The Labute approximate surface area is 195 Å². The van der Waals surface area contributed by atoms with Crippen LogP contribution in [0.25, 0.3) is 0 Å². The predicted octanol–water partition coefficient (Wildman–Crippen LogP) is 4.63. The van der Waals surface area contributed by atoms with Crippen molar-refractivity contribution in [3.8, 4) is 11.5 Å². The number of carbonyl (C=O) groups excluding carboxylic acids is 3. The van der Waals surface area contributed by atoms with Gasteiger partial charge in [-0.05, 0) is 62.6 Å². The van der Waals surface area contributed by atoms with Gasteiger partial charge in [-0.2, -0.15) is 0 Å². The molecule has 0 fully saturated rings. The van der Waals surface area contributed by atoms with Crippen molar-refractivity contribution in [3.63, 3.8) is 0 Å². The van der Waals surface area contributed by atoms with Crippen LogP contribution in [-0.4, -0.2) is 43.6 Å². The van der Waals surface area contributed by atoms with Gasteiger partial charge in [0.2, 0.25) is 0 Å². The highest BCUT2D eigenvalue weighted by Gasteiger charge is 2.20. The standard InChI is InChI=1S/C24H37NO8/c1-15(2)9-11-29-23(27)32-20-8-7-18(13-19(25)22(26)31-17(5)6)14-21(20)33-24(28)30-12-10-16(3)4/h7-8,14-17,19H,9-13,25H2,1-6H3/t19-/m0/s1. The van der Waals surface area contributed by atoms with Crippen LogP contribution in [0.15, 0.2) is 18.2 Å². The third-order valence-corrected chi connectivity index (χ3v) is 4.34. The Morgan fingerprint density at radius 1 is 0.818 bits per heavy atom. The lowest BCUT2D eigenvalue weighted by molar-refractivity contribution is -0.148. The summed E-state index contributed by atoms with van der Waals surface area (Å²) in [4.78, 5) is 36.2. The average molecular weight is 468 g/mol. The summed E-state index contributed by atoms with van der Waals surface area (Å²) in [7, 11) is 0. The molecule has 9 heteroatoms. The zero-order chi connectivity index (χ0) is 25.0. The molecule has 9 nitrogen and oxygen atoms in total. The predicted molar refractivity (Wildman–Crippen MR) is 122 cm³/mol. The summed E-state index contributed by atoms with van der Waals surface area (Å²) < 4.78 is 25.7. The van der Waals surface area contributed by atoms with Crippen LogP contribution in [0.5, 0.6) is 11.5 Å². The summed E-state index contributed by atoms with van der Waals surface area (Å²) >= 11 is 0. The Kier molecular flexibility index (Phi) is 12.3. The van der Waals surface area contributed by atoms with Gasteiger partial charge in [-0.1, -0.05) is 33.8 Å². The van der Waals surface area contributed by atoms with Crippen LogP contribution in [0.1, 0.15) is 59.9 Å². The van der Waals surface area contributed by atoms with Gasteiger partial charge in [0, 0.05) is 0 Å². The van der Waals surface area contributed by atoms with Gasteiger partial charge in [0.15, 0.2) is 11.5 Å². The largest absolute Gasteiger partial charge is 0.513 e. The van der Waals surface area contributed by atoms with E-state index in [1.807, 2.05) is 27.7 Å². The first-order valence-corrected chi connectivity index (χ1v) is 11.3. The molecule has 0 aliphatic rings. The highest BCUT2D eigenvalue weighted by molar-refractivity contribution is 5.76. The summed E-state index contributed by atoms with van der Waals surface area (Å²) in [5.74, 6) is 0.102. The van der Waals surface area contributed by atoms with Crippen molar-refractivity contribution in [1.29, 1.82) is 0 Å². The minimum Gasteiger partial charge on any atom is -0.462 e. The van der Waals surface area contributed by atoms with Crippen LogP contribution in [0.4, 0.5) is 9.59 Å². The number of carbonyl (C=O) groups is 3. The first-order chi connectivity index (χ1) is 15.5. The number of hydrogen-bond acceptors (Lipinski definition) is 9. The maximum absolute atomic E-state index is 12.1. The first-order valence-electron chi connectivity index (χ1n) is 11.3. The van der Waals surface area contributed by atoms with E-state index in [4.69, 9.17) is 29.4 Å². The van der Waals surface area contributed by atoms with Gasteiger partial charge in [-0.15, -0.1) is 0 Å². The van der Waals surface area contributed by atoms with Crippen LogP contribution >= 0.6 is 0 Å². The quantitative estimate of drug-likeness (QED) is 0.266. The average Bonchev–Trinajstić information content (AvgIpc) is 2.68. The van der Waals surface area contributed by atoms with E-state index in [0.29, 0.717) is 30.2 Å². The molecular weight excluding hydrogens is 430 g/mol. The molecule has 0 unspecified atom stereocenters. The fourth-order valence-electron chi connectivity index (χ4n) is 2.49. The number of benzene rings is 1. The Balaban J connectivity index is 2.93. The first kappa shape index (κ1) is 28.2. The van der Waals surface area contributed by atoms with Crippen molar-refractivity contribution in [3.05, 3.63) is 23.8 Å². The molecular formula is C24H37NO8. The van der Waals surface area contributed by atoms with Crippen molar-refractivity contribution >= 4 is 18.3 Å². The molecule has 0 saturated heterocycles. The smallest absolute Gasteiger partial charge is 0.462 e. The Hall–Kier alpha value is -2.81. The highest BCUT2D eigenvalue weighted by Crippen LogP contribution is 2.30. The van der Waals surface area contributed by atoms with E-state index in [1.54, 1.807) is 19.9 Å².